The molecule has 2 heterocycles. The number of furan rings is 1. The molecule has 1 aromatic carbocycles. The molecular weight excluding hydrogens is 365 g/mol. The summed E-state index contributed by atoms with van der Waals surface area (Å²) in [5.41, 5.74) is 1.40. The molecule has 0 aliphatic carbocycles. The van der Waals surface area contributed by atoms with Gasteiger partial charge in [-0.25, -0.2) is 0 Å². The second-order valence-corrected chi connectivity index (χ2v) is 7.19. The van der Waals surface area contributed by atoms with Crippen LogP contribution in [0.1, 0.15) is 20.8 Å². The minimum Gasteiger partial charge on any atom is -0.472 e. The molecule has 0 saturated heterocycles. The van der Waals surface area contributed by atoms with E-state index in [9.17, 15) is 4.79 Å². The number of amides is 1. The standard InChI is InChI=1S/C18H15Cl2NO2S/c19-14-3-4-16(17(20)10-14)18(22)21(11-13-6-8-23-12-13)7-5-15-2-1-9-24-15/h1-4,6,8-10,12H,5,7,11H2. The van der Waals surface area contributed by atoms with Crippen LogP contribution in [0.2, 0.25) is 10.0 Å². The van der Waals surface area contributed by atoms with E-state index in [4.69, 9.17) is 27.6 Å². The fraction of sp³-hybridized carbons (Fsp3) is 0.167. The highest BCUT2D eigenvalue weighted by Gasteiger charge is 2.19. The molecule has 1 amide bonds. The van der Waals surface area contributed by atoms with E-state index in [2.05, 4.69) is 6.07 Å². The molecule has 24 heavy (non-hydrogen) atoms. The van der Waals surface area contributed by atoms with Gasteiger partial charge in [0, 0.05) is 28.6 Å². The van der Waals surface area contributed by atoms with Gasteiger partial charge in [-0.2, -0.15) is 0 Å². The second kappa shape index (κ2) is 7.88. The molecule has 124 valence electrons. The van der Waals surface area contributed by atoms with Crippen molar-refractivity contribution < 1.29 is 9.21 Å². The first kappa shape index (κ1) is 17.1. The number of thiophene rings is 1. The Morgan fingerprint density at radius 2 is 2.08 bits per heavy atom. The maximum absolute atomic E-state index is 12.9. The van der Waals surface area contributed by atoms with E-state index in [1.165, 1.54) is 4.88 Å². The van der Waals surface area contributed by atoms with Crippen molar-refractivity contribution in [3.8, 4) is 0 Å². The zero-order valence-corrected chi connectivity index (χ0v) is 15.1. The Bertz CT molecular complexity index is 801. The van der Waals surface area contributed by atoms with E-state index in [1.54, 1.807) is 47.0 Å². The number of carbonyl (C=O) groups excluding carboxylic acids is 1. The van der Waals surface area contributed by atoms with Gasteiger partial charge in [-0.15, -0.1) is 11.3 Å². The van der Waals surface area contributed by atoms with E-state index >= 15 is 0 Å². The monoisotopic (exact) mass is 379 g/mol. The molecule has 2 aromatic heterocycles. The fourth-order valence-electron chi connectivity index (χ4n) is 2.39. The van der Waals surface area contributed by atoms with Gasteiger partial charge in [0.25, 0.3) is 5.91 Å². The highest BCUT2D eigenvalue weighted by molar-refractivity contribution is 7.09. The minimum absolute atomic E-state index is 0.116. The van der Waals surface area contributed by atoms with Gasteiger partial charge < -0.3 is 9.32 Å². The molecule has 0 radical (unpaired) electrons. The zero-order valence-electron chi connectivity index (χ0n) is 12.7. The number of carbonyl (C=O) groups is 1. The van der Waals surface area contributed by atoms with Crippen LogP contribution in [0.4, 0.5) is 0 Å². The Hall–Kier alpha value is -1.75. The van der Waals surface area contributed by atoms with Gasteiger partial charge in [0.1, 0.15) is 0 Å². The van der Waals surface area contributed by atoms with Crippen LogP contribution < -0.4 is 0 Å². The summed E-state index contributed by atoms with van der Waals surface area (Å²) in [4.78, 5) is 15.9. The van der Waals surface area contributed by atoms with Crippen molar-refractivity contribution in [2.75, 3.05) is 6.54 Å². The van der Waals surface area contributed by atoms with Crippen molar-refractivity contribution in [2.45, 2.75) is 13.0 Å². The summed E-state index contributed by atoms with van der Waals surface area (Å²) in [6.07, 6.45) is 4.05. The number of halogens is 2. The van der Waals surface area contributed by atoms with E-state index < -0.39 is 0 Å². The largest absolute Gasteiger partial charge is 0.472 e. The summed E-state index contributed by atoms with van der Waals surface area (Å²) >= 11 is 13.8. The third kappa shape index (κ3) is 4.20. The quantitative estimate of drug-likeness (QED) is 0.563. The van der Waals surface area contributed by atoms with E-state index in [-0.39, 0.29) is 5.91 Å². The number of hydrogen-bond donors (Lipinski definition) is 0. The van der Waals surface area contributed by atoms with E-state index in [0.717, 1.165) is 12.0 Å². The molecule has 0 bridgehead atoms. The average Bonchev–Trinajstić information content (AvgIpc) is 3.24. The van der Waals surface area contributed by atoms with Gasteiger partial charge in [0.15, 0.2) is 0 Å². The van der Waals surface area contributed by atoms with Gasteiger partial charge in [0.05, 0.1) is 23.1 Å². The van der Waals surface area contributed by atoms with Crippen LogP contribution in [0.3, 0.4) is 0 Å². The maximum atomic E-state index is 12.9. The lowest BCUT2D eigenvalue weighted by Gasteiger charge is -2.22. The molecule has 0 saturated carbocycles. The normalized spacial score (nSPS) is 10.8. The first-order valence-electron chi connectivity index (χ1n) is 7.41. The van der Waals surface area contributed by atoms with Crippen LogP contribution in [0, 0.1) is 0 Å². The lowest BCUT2D eigenvalue weighted by Crippen LogP contribution is -2.32. The summed E-state index contributed by atoms with van der Waals surface area (Å²) in [6, 6.07) is 10.9. The number of hydrogen-bond acceptors (Lipinski definition) is 3. The van der Waals surface area contributed by atoms with Gasteiger partial charge in [-0.1, -0.05) is 29.3 Å². The molecule has 0 spiro atoms. The predicted molar refractivity (Wildman–Crippen MR) is 97.9 cm³/mol. The van der Waals surface area contributed by atoms with Gasteiger partial charge in [-0.05, 0) is 42.1 Å². The molecular formula is C18H15Cl2NO2S. The Balaban J connectivity index is 1.80. The van der Waals surface area contributed by atoms with Crippen LogP contribution in [-0.2, 0) is 13.0 Å². The van der Waals surface area contributed by atoms with Crippen molar-refractivity contribution >= 4 is 40.4 Å². The molecule has 3 aromatic rings. The Labute approximate surface area is 154 Å². The Morgan fingerprint density at radius 1 is 1.21 bits per heavy atom. The van der Waals surface area contributed by atoms with Crippen LogP contribution in [0.15, 0.2) is 58.7 Å². The molecule has 0 N–H and O–H groups in total. The molecule has 6 heteroatoms. The predicted octanol–water partition coefficient (Wildman–Crippen LogP) is 5.53. The number of benzene rings is 1. The summed E-state index contributed by atoms with van der Waals surface area (Å²) in [5, 5.41) is 2.91. The van der Waals surface area contributed by atoms with Gasteiger partial charge in [0.2, 0.25) is 0 Å². The van der Waals surface area contributed by atoms with Crippen molar-refractivity contribution in [2.24, 2.45) is 0 Å². The summed E-state index contributed by atoms with van der Waals surface area (Å²) in [6.45, 7) is 1.07. The SMILES string of the molecule is O=C(c1ccc(Cl)cc1Cl)N(CCc1cccs1)Cc1ccoc1. The first-order valence-corrected chi connectivity index (χ1v) is 9.05. The van der Waals surface area contributed by atoms with Gasteiger partial charge in [-0.3, -0.25) is 4.79 Å². The highest BCUT2D eigenvalue weighted by atomic mass is 35.5. The van der Waals surface area contributed by atoms with Crippen LogP contribution in [0.5, 0.6) is 0 Å². The molecule has 0 unspecified atom stereocenters. The second-order valence-electron chi connectivity index (χ2n) is 5.31. The van der Waals surface area contributed by atoms with Crippen molar-refractivity contribution in [3.63, 3.8) is 0 Å². The molecule has 0 aliphatic heterocycles. The van der Waals surface area contributed by atoms with E-state index in [0.29, 0.717) is 28.7 Å². The van der Waals surface area contributed by atoms with E-state index in [1.807, 2.05) is 17.5 Å². The Kier molecular flexibility index (Phi) is 5.61. The topological polar surface area (TPSA) is 33.5 Å². The van der Waals surface area contributed by atoms with Crippen LogP contribution >= 0.6 is 34.5 Å². The fourth-order valence-corrected chi connectivity index (χ4v) is 3.58. The summed E-state index contributed by atoms with van der Waals surface area (Å²) < 4.78 is 5.11. The number of nitrogens with zero attached hydrogens (tertiary/aromatic N) is 1. The summed E-state index contributed by atoms with van der Waals surface area (Å²) in [7, 11) is 0. The third-order valence-corrected chi connectivity index (χ3v) is 5.09. The Morgan fingerprint density at radius 3 is 2.75 bits per heavy atom. The molecule has 3 nitrogen and oxygen atoms in total. The minimum atomic E-state index is -0.116. The average molecular weight is 380 g/mol. The molecule has 3 rings (SSSR count). The molecule has 0 fully saturated rings. The maximum Gasteiger partial charge on any atom is 0.255 e. The van der Waals surface area contributed by atoms with Crippen molar-refractivity contribution in [1.29, 1.82) is 0 Å². The van der Waals surface area contributed by atoms with Crippen molar-refractivity contribution in [3.05, 3.63) is 80.4 Å². The first-order chi connectivity index (χ1) is 11.6. The highest BCUT2D eigenvalue weighted by Crippen LogP contribution is 2.23. The van der Waals surface area contributed by atoms with Crippen molar-refractivity contribution in [1.82, 2.24) is 4.90 Å². The van der Waals surface area contributed by atoms with Crippen LogP contribution in [-0.4, -0.2) is 17.4 Å². The van der Waals surface area contributed by atoms with Gasteiger partial charge >= 0.3 is 0 Å². The molecule has 0 aliphatic rings. The lowest BCUT2D eigenvalue weighted by atomic mass is 10.1. The summed E-state index contributed by atoms with van der Waals surface area (Å²) in [5.74, 6) is -0.116. The lowest BCUT2D eigenvalue weighted by molar-refractivity contribution is 0.0745. The third-order valence-electron chi connectivity index (χ3n) is 3.61. The van der Waals surface area contributed by atoms with Crippen LogP contribution in [0.25, 0.3) is 0 Å². The number of rotatable bonds is 6. The zero-order chi connectivity index (χ0) is 16.9. The molecule has 0 atom stereocenters. The smallest absolute Gasteiger partial charge is 0.255 e.